The number of anilines is 1. The molecule has 0 bridgehead atoms. The molecule has 0 radical (unpaired) electrons. The lowest BCUT2D eigenvalue weighted by atomic mass is 9.88. The molecule has 1 aliphatic heterocycles. The molecule has 0 spiro atoms. The number of amides is 2. The number of hydrogen-bond acceptors (Lipinski definition) is 4. The Hall–Kier alpha value is -3.31. The molecule has 29 heavy (non-hydrogen) atoms. The molecule has 2 aromatic carbocycles. The van der Waals surface area contributed by atoms with Crippen LogP contribution in [0.1, 0.15) is 33.1 Å². The molecule has 0 saturated carbocycles. The first kappa shape index (κ1) is 19.0. The number of carbonyl (C=O) groups is 2. The van der Waals surface area contributed by atoms with Gasteiger partial charge in [-0.05, 0) is 48.4 Å². The molecule has 2 amide bonds. The predicted octanol–water partition coefficient (Wildman–Crippen LogP) is 4.59. The van der Waals surface area contributed by atoms with Gasteiger partial charge in [-0.25, -0.2) is 4.90 Å². The van der Waals surface area contributed by atoms with Gasteiger partial charge in [0.05, 0.1) is 23.8 Å². The number of carbonyl (C=O) groups excluding carboxylic acids is 2. The average molecular weight is 404 g/mol. The van der Waals surface area contributed by atoms with Gasteiger partial charge in [0.2, 0.25) is 5.91 Å². The number of fused-ring (bicyclic) bond motifs is 1. The minimum Gasteiger partial charge on any atom is -0.290 e. The number of aryl methyl sites for hydroxylation is 1. The molecule has 0 N–H and O–H groups in total. The van der Waals surface area contributed by atoms with Gasteiger partial charge in [0, 0.05) is 23.0 Å². The second kappa shape index (κ2) is 7.97. The SMILES string of the molecule is Cc1ccc(Cl)cc1N1C(=O)c2ccccc2[C@@H](C=NCc2ccccn2)C1=O. The van der Waals surface area contributed by atoms with E-state index in [2.05, 4.69) is 9.98 Å². The first-order valence-corrected chi connectivity index (χ1v) is 9.57. The maximum absolute atomic E-state index is 13.4. The number of rotatable bonds is 4. The normalized spacial score (nSPS) is 16.3. The van der Waals surface area contributed by atoms with Gasteiger partial charge in [0.25, 0.3) is 5.91 Å². The van der Waals surface area contributed by atoms with Crippen LogP contribution in [-0.2, 0) is 11.3 Å². The van der Waals surface area contributed by atoms with E-state index < -0.39 is 5.92 Å². The number of aliphatic imine (C=N–C) groups is 1. The van der Waals surface area contributed by atoms with Crippen molar-refractivity contribution < 1.29 is 9.59 Å². The molecular weight excluding hydrogens is 386 g/mol. The van der Waals surface area contributed by atoms with Gasteiger partial charge < -0.3 is 0 Å². The van der Waals surface area contributed by atoms with E-state index in [9.17, 15) is 9.59 Å². The molecule has 0 unspecified atom stereocenters. The number of pyridine rings is 1. The zero-order chi connectivity index (χ0) is 20.4. The van der Waals surface area contributed by atoms with E-state index >= 15 is 0 Å². The smallest absolute Gasteiger partial charge is 0.265 e. The van der Waals surface area contributed by atoms with Crippen molar-refractivity contribution in [3.8, 4) is 0 Å². The second-order valence-electron chi connectivity index (χ2n) is 6.79. The van der Waals surface area contributed by atoms with Gasteiger partial charge in [-0.2, -0.15) is 0 Å². The number of aromatic nitrogens is 1. The fourth-order valence-corrected chi connectivity index (χ4v) is 3.56. The van der Waals surface area contributed by atoms with Crippen LogP contribution in [0.15, 0.2) is 71.9 Å². The predicted molar refractivity (Wildman–Crippen MR) is 114 cm³/mol. The zero-order valence-corrected chi connectivity index (χ0v) is 16.5. The fourth-order valence-electron chi connectivity index (χ4n) is 3.39. The highest BCUT2D eigenvalue weighted by Gasteiger charge is 2.39. The number of imide groups is 1. The van der Waals surface area contributed by atoms with Crippen LogP contribution < -0.4 is 4.90 Å². The van der Waals surface area contributed by atoms with Gasteiger partial charge >= 0.3 is 0 Å². The Labute approximate surface area is 173 Å². The summed E-state index contributed by atoms with van der Waals surface area (Å²) in [7, 11) is 0. The highest BCUT2D eigenvalue weighted by atomic mass is 35.5. The van der Waals surface area contributed by atoms with Crippen molar-refractivity contribution in [2.24, 2.45) is 4.99 Å². The van der Waals surface area contributed by atoms with Gasteiger partial charge in [-0.15, -0.1) is 0 Å². The molecule has 0 fully saturated rings. The first-order chi connectivity index (χ1) is 14.1. The van der Waals surface area contributed by atoms with Gasteiger partial charge in [-0.3, -0.25) is 19.6 Å². The van der Waals surface area contributed by atoms with Crippen LogP contribution in [0.2, 0.25) is 5.02 Å². The van der Waals surface area contributed by atoms with Gasteiger partial charge in [-0.1, -0.05) is 41.9 Å². The summed E-state index contributed by atoms with van der Waals surface area (Å²) in [6.45, 7) is 2.20. The van der Waals surface area contributed by atoms with E-state index in [0.717, 1.165) is 11.3 Å². The third kappa shape index (κ3) is 3.69. The summed E-state index contributed by atoms with van der Waals surface area (Å²) in [6, 6.07) is 17.9. The topological polar surface area (TPSA) is 62.6 Å². The first-order valence-electron chi connectivity index (χ1n) is 9.19. The standard InChI is InChI=1S/C23H18ClN3O2/c1-15-9-10-16(24)12-21(15)27-22(28)19-8-3-2-7-18(19)20(23(27)29)14-25-13-17-6-4-5-11-26-17/h2-12,14,20H,13H2,1H3/t20-/m1/s1. The van der Waals surface area contributed by atoms with Crippen molar-refractivity contribution in [2.75, 3.05) is 4.90 Å². The van der Waals surface area contributed by atoms with Crippen LogP contribution in [0.25, 0.3) is 0 Å². The van der Waals surface area contributed by atoms with Crippen molar-refractivity contribution in [3.05, 3.63) is 94.3 Å². The Kier molecular flexibility index (Phi) is 5.23. The van der Waals surface area contributed by atoms with Crippen LogP contribution in [0.4, 0.5) is 5.69 Å². The fraction of sp³-hybridized carbons (Fsp3) is 0.130. The summed E-state index contributed by atoms with van der Waals surface area (Å²) in [4.78, 5) is 36.4. The number of halogens is 1. The Morgan fingerprint density at radius 2 is 1.90 bits per heavy atom. The monoisotopic (exact) mass is 403 g/mol. The second-order valence-corrected chi connectivity index (χ2v) is 7.22. The Bertz CT molecular complexity index is 1110. The molecule has 2 heterocycles. The molecule has 1 aromatic heterocycles. The summed E-state index contributed by atoms with van der Waals surface area (Å²) >= 11 is 6.14. The van der Waals surface area contributed by atoms with Gasteiger partial charge in [0.15, 0.2) is 0 Å². The Balaban J connectivity index is 1.74. The highest BCUT2D eigenvalue weighted by molar-refractivity contribution is 6.32. The summed E-state index contributed by atoms with van der Waals surface area (Å²) < 4.78 is 0. The largest absolute Gasteiger partial charge is 0.290 e. The van der Waals surface area contributed by atoms with Crippen LogP contribution in [0.3, 0.4) is 0 Å². The van der Waals surface area contributed by atoms with Crippen LogP contribution in [0, 0.1) is 6.92 Å². The van der Waals surface area contributed by atoms with E-state index in [-0.39, 0.29) is 11.8 Å². The maximum Gasteiger partial charge on any atom is 0.265 e. The summed E-state index contributed by atoms with van der Waals surface area (Å²) in [6.07, 6.45) is 3.31. The molecule has 0 aliphatic carbocycles. The lowest BCUT2D eigenvalue weighted by molar-refractivity contribution is -0.118. The zero-order valence-electron chi connectivity index (χ0n) is 15.7. The number of hydrogen-bond donors (Lipinski definition) is 0. The molecule has 5 nitrogen and oxygen atoms in total. The quantitative estimate of drug-likeness (QED) is 0.473. The summed E-state index contributed by atoms with van der Waals surface area (Å²) in [5, 5.41) is 0.463. The van der Waals surface area contributed by atoms with Crippen molar-refractivity contribution >= 4 is 35.3 Å². The van der Waals surface area contributed by atoms with Crippen molar-refractivity contribution in [1.82, 2.24) is 4.98 Å². The van der Waals surface area contributed by atoms with Crippen molar-refractivity contribution in [3.63, 3.8) is 0 Å². The molecule has 0 saturated heterocycles. The molecular formula is C23H18ClN3O2. The van der Waals surface area contributed by atoms with Crippen LogP contribution >= 0.6 is 11.6 Å². The third-order valence-corrected chi connectivity index (χ3v) is 5.10. The average Bonchev–Trinajstić information content (AvgIpc) is 2.74. The molecule has 144 valence electrons. The van der Waals surface area contributed by atoms with E-state index in [0.29, 0.717) is 28.4 Å². The van der Waals surface area contributed by atoms with Crippen molar-refractivity contribution in [1.29, 1.82) is 0 Å². The summed E-state index contributed by atoms with van der Waals surface area (Å²) in [5.41, 5.74) is 3.23. The maximum atomic E-state index is 13.4. The number of benzene rings is 2. The van der Waals surface area contributed by atoms with Crippen LogP contribution in [-0.4, -0.2) is 23.0 Å². The number of nitrogens with zero attached hydrogens (tertiary/aromatic N) is 3. The highest BCUT2D eigenvalue weighted by Crippen LogP contribution is 2.34. The van der Waals surface area contributed by atoms with E-state index in [1.54, 1.807) is 48.8 Å². The van der Waals surface area contributed by atoms with Crippen molar-refractivity contribution in [2.45, 2.75) is 19.4 Å². The van der Waals surface area contributed by atoms with E-state index in [4.69, 9.17) is 11.6 Å². The minimum atomic E-state index is -0.661. The molecule has 1 atom stereocenters. The van der Waals surface area contributed by atoms with Crippen LogP contribution in [0.5, 0.6) is 0 Å². The van der Waals surface area contributed by atoms with E-state index in [1.165, 1.54) is 4.90 Å². The van der Waals surface area contributed by atoms with Gasteiger partial charge in [0.1, 0.15) is 0 Å². The van der Waals surface area contributed by atoms with E-state index in [1.807, 2.05) is 31.2 Å². The molecule has 4 rings (SSSR count). The Morgan fingerprint density at radius 1 is 1.10 bits per heavy atom. The minimum absolute atomic E-state index is 0.344. The molecule has 3 aromatic rings. The molecule has 1 aliphatic rings. The summed E-state index contributed by atoms with van der Waals surface area (Å²) in [5.74, 6) is -1.36. The lowest BCUT2D eigenvalue weighted by Gasteiger charge is -2.31. The Morgan fingerprint density at radius 3 is 2.69 bits per heavy atom. The third-order valence-electron chi connectivity index (χ3n) is 4.86. The molecule has 6 heteroatoms. The lowest BCUT2D eigenvalue weighted by Crippen LogP contribution is -2.45.